The van der Waals surface area contributed by atoms with E-state index >= 15 is 0 Å². The molecule has 2 aliphatic heterocycles. The molecule has 2 aromatic rings. The van der Waals surface area contributed by atoms with Crippen LogP contribution in [0.25, 0.3) is 6.08 Å². The predicted octanol–water partition coefficient (Wildman–Crippen LogP) is 4.10. The molecule has 2 aliphatic rings. The van der Waals surface area contributed by atoms with Gasteiger partial charge >= 0.3 is 7.12 Å². The van der Waals surface area contributed by atoms with Gasteiger partial charge in [-0.05, 0) is 45.4 Å². The van der Waals surface area contributed by atoms with Gasteiger partial charge in [-0.2, -0.15) is 5.10 Å². The zero-order chi connectivity index (χ0) is 19.2. The summed E-state index contributed by atoms with van der Waals surface area (Å²) in [4.78, 5) is 0. The molecule has 1 unspecified atom stereocenters. The van der Waals surface area contributed by atoms with Crippen molar-refractivity contribution in [2.75, 3.05) is 0 Å². The molecule has 0 spiro atoms. The van der Waals surface area contributed by atoms with Gasteiger partial charge < -0.3 is 14.0 Å². The Hall–Kier alpha value is -1.96. The first-order valence-electron chi connectivity index (χ1n) is 9.21. The first-order chi connectivity index (χ1) is 12.7. The molecule has 0 radical (unpaired) electrons. The van der Waals surface area contributed by atoms with Crippen LogP contribution < -0.4 is 0 Å². The standard InChI is InChI=1S/C20H24BFN2O3/c1-19(2)20(3,4)27-21(26-19)18(22)11-15-10-16-13-25-17(12-24(16)23-15)14-8-6-5-7-9-14/h5-11,17H,12-13H2,1-4H3. The average molecular weight is 370 g/mol. The van der Waals surface area contributed by atoms with E-state index in [0.29, 0.717) is 18.8 Å². The van der Waals surface area contributed by atoms with Gasteiger partial charge in [0.1, 0.15) is 11.8 Å². The number of rotatable bonds is 3. The van der Waals surface area contributed by atoms with Crippen LogP contribution in [-0.2, 0) is 27.2 Å². The van der Waals surface area contributed by atoms with Gasteiger partial charge in [0, 0.05) is 0 Å². The Morgan fingerprint density at radius 1 is 1.19 bits per heavy atom. The first-order valence-corrected chi connectivity index (χ1v) is 9.21. The molecule has 0 amide bonds. The van der Waals surface area contributed by atoms with Crippen molar-refractivity contribution >= 4 is 13.2 Å². The smallest absolute Gasteiger partial charge is 0.398 e. The summed E-state index contributed by atoms with van der Waals surface area (Å²) in [5, 5.41) is 4.52. The Morgan fingerprint density at radius 3 is 2.52 bits per heavy atom. The highest BCUT2D eigenvalue weighted by Gasteiger charge is 2.53. The normalized spacial score (nSPS) is 24.1. The molecule has 4 rings (SSSR count). The fourth-order valence-corrected chi connectivity index (χ4v) is 3.25. The molecule has 27 heavy (non-hydrogen) atoms. The molecule has 7 heteroatoms. The molecule has 5 nitrogen and oxygen atoms in total. The van der Waals surface area contributed by atoms with Crippen molar-refractivity contribution in [3.63, 3.8) is 0 Å². The Kier molecular flexibility index (Phi) is 4.49. The van der Waals surface area contributed by atoms with Gasteiger partial charge in [0.15, 0.2) is 0 Å². The maximum Gasteiger partial charge on any atom is 0.525 e. The second-order valence-corrected chi connectivity index (χ2v) is 8.07. The third-order valence-corrected chi connectivity index (χ3v) is 5.59. The van der Waals surface area contributed by atoms with E-state index in [4.69, 9.17) is 14.0 Å². The van der Waals surface area contributed by atoms with Gasteiger partial charge in [-0.15, -0.1) is 0 Å². The molecule has 1 aromatic carbocycles. The van der Waals surface area contributed by atoms with E-state index < -0.39 is 24.0 Å². The number of aromatic nitrogens is 2. The summed E-state index contributed by atoms with van der Waals surface area (Å²) in [7, 11) is -1.01. The molecular formula is C20H24BFN2O3. The van der Waals surface area contributed by atoms with Crippen molar-refractivity contribution in [2.45, 2.75) is 58.2 Å². The molecule has 0 saturated carbocycles. The molecule has 1 fully saturated rings. The van der Waals surface area contributed by atoms with Crippen molar-refractivity contribution in [1.82, 2.24) is 9.78 Å². The van der Waals surface area contributed by atoms with E-state index in [-0.39, 0.29) is 6.10 Å². The van der Waals surface area contributed by atoms with Gasteiger partial charge in [0.2, 0.25) is 0 Å². The molecule has 0 aliphatic carbocycles. The second-order valence-electron chi connectivity index (χ2n) is 8.07. The molecular weight excluding hydrogens is 346 g/mol. The van der Waals surface area contributed by atoms with Crippen molar-refractivity contribution in [3.8, 4) is 0 Å². The van der Waals surface area contributed by atoms with E-state index in [1.807, 2.05) is 68.8 Å². The van der Waals surface area contributed by atoms with Crippen molar-refractivity contribution in [2.24, 2.45) is 0 Å². The van der Waals surface area contributed by atoms with Crippen LogP contribution in [0.1, 0.15) is 50.8 Å². The molecule has 0 bridgehead atoms. The monoisotopic (exact) mass is 370 g/mol. The van der Waals surface area contributed by atoms with Crippen LogP contribution in [0, 0.1) is 0 Å². The number of nitrogens with zero attached hydrogens (tertiary/aromatic N) is 2. The molecule has 1 saturated heterocycles. The number of hydrogen-bond acceptors (Lipinski definition) is 4. The highest BCUT2D eigenvalue weighted by atomic mass is 19.1. The minimum atomic E-state index is -1.01. The van der Waals surface area contributed by atoms with Gasteiger partial charge in [0.25, 0.3) is 0 Å². The van der Waals surface area contributed by atoms with Crippen LogP contribution in [0.3, 0.4) is 0 Å². The van der Waals surface area contributed by atoms with Crippen molar-refractivity contribution in [3.05, 3.63) is 59.1 Å². The Bertz CT molecular complexity index is 847. The summed E-state index contributed by atoms with van der Waals surface area (Å²) in [5.41, 5.74) is 0.938. The number of benzene rings is 1. The Labute approximate surface area is 159 Å². The van der Waals surface area contributed by atoms with Crippen LogP contribution >= 0.6 is 0 Å². The number of ether oxygens (including phenoxy) is 1. The van der Waals surface area contributed by atoms with Crippen LogP contribution in [-0.4, -0.2) is 28.1 Å². The zero-order valence-corrected chi connectivity index (χ0v) is 16.1. The number of halogens is 1. The summed E-state index contributed by atoms with van der Waals surface area (Å²) >= 11 is 0. The topological polar surface area (TPSA) is 45.5 Å². The van der Waals surface area contributed by atoms with Crippen LogP contribution in [0.2, 0.25) is 0 Å². The highest BCUT2D eigenvalue weighted by molar-refractivity contribution is 6.54. The Morgan fingerprint density at radius 2 is 1.85 bits per heavy atom. The SMILES string of the molecule is CC1(C)OB(C(F)=Cc2cc3n(n2)CC(c2ccccc2)OC3)OC1(C)C. The minimum Gasteiger partial charge on any atom is -0.398 e. The van der Waals surface area contributed by atoms with Crippen molar-refractivity contribution in [1.29, 1.82) is 0 Å². The van der Waals surface area contributed by atoms with Crippen LogP contribution in [0.5, 0.6) is 0 Å². The third kappa shape index (κ3) is 3.47. The molecule has 3 heterocycles. The van der Waals surface area contributed by atoms with Gasteiger partial charge in [-0.1, -0.05) is 30.3 Å². The minimum absolute atomic E-state index is 0.0524. The fraction of sp³-hybridized carbons (Fsp3) is 0.450. The zero-order valence-electron chi connectivity index (χ0n) is 16.1. The molecule has 1 aromatic heterocycles. The predicted molar refractivity (Wildman–Crippen MR) is 101 cm³/mol. The van der Waals surface area contributed by atoms with Gasteiger partial charge in [-0.3, -0.25) is 4.68 Å². The highest BCUT2D eigenvalue weighted by Crippen LogP contribution is 2.39. The van der Waals surface area contributed by atoms with E-state index in [1.54, 1.807) is 0 Å². The van der Waals surface area contributed by atoms with Crippen LogP contribution in [0.4, 0.5) is 4.39 Å². The van der Waals surface area contributed by atoms with E-state index in [2.05, 4.69) is 5.10 Å². The number of fused-ring (bicyclic) bond motifs is 1. The summed E-state index contributed by atoms with van der Waals surface area (Å²) in [6.07, 6.45) is 1.33. The average Bonchev–Trinajstić information content (AvgIpc) is 3.11. The van der Waals surface area contributed by atoms with Gasteiger partial charge in [-0.25, -0.2) is 4.39 Å². The third-order valence-electron chi connectivity index (χ3n) is 5.59. The summed E-state index contributed by atoms with van der Waals surface area (Å²) < 4.78 is 34.0. The maximum atomic E-state index is 14.7. The summed E-state index contributed by atoms with van der Waals surface area (Å²) in [5.74, 6) is 0. The molecule has 0 N–H and O–H groups in total. The lowest BCUT2D eigenvalue weighted by atomic mass is 9.87. The van der Waals surface area contributed by atoms with E-state index in [0.717, 1.165) is 11.3 Å². The van der Waals surface area contributed by atoms with E-state index in [9.17, 15) is 4.39 Å². The fourth-order valence-electron chi connectivity index (χ4n) is 3.25. The lowest BCUT2D eigenvalue weighted by Crippen LogP contribution is -2.41. The molecule has 142 valence electrons. The quantitative estimate of drug-likeness (QED) is 0.764. The lowest BCUT2D eigenvalue weighted by molar-refractivity contribution is -0.00116. The molecule has 1 atom stereocenters. The summed E-state index contributed by atoms with van der Waals surface area (Å²) in [6.45, 7) is 8.64. The largest absolute Gasteiger partial charge is 0.525 e. The first kappa shape index (κ1) is 18.4. The van der Waals surface area contributed by atoms with Gasteiger partial charge in [0.05, 0.1) is 35.7 Å². The second kappa shape index (κ2) is 6.58. The maximum absolute atomic E-state index is 14.7. The number of hydrogen-bond donors (Lipinski definition) is 0. The van der Waals surface area contributed by atoms with Crippen molar-refractivity contribution < 1.29 is 18.4 Å². The van der Waals surface area contributed by atoms with Crippen LogP contribution in [0.15, 0.2) is 42.1 Å². The Balaban J connectivity index is 1.51. The summed E-state index contributed by atoms with van der Waals surface area (Å²) in [6, 6.07) is 11.9. The lowest BCUT2D eigenvalue weighted by Gasteiger charge is -2.32. The van der Waals surface area contributed by atoms with E-state index in [1.165, 1.54) is 6.08 Å².